The zero-order valence-corrected chi connectivity index (χ0v) is 14.9. The predicted octanol–water partition coefficient (Wildman–Crippen LogP) is 3.14. The van der Waals surface area contributed by atoms with Crippen LogP contribution in [0.2, 0.25) is 0 Å². The molecule has 128 valence electrons. The summed E-state index contributed by atoms with van der Waals surface area (Å²) in [5, 5.41) is 7.44. The summed E-state index contributed by atoms with van der Waals surface area (Å²) in [6.07, 6.45) is 0. The minimum Gasteiger partial charge on any atom is -0.494 e. The van der Waals surface area contributed by atoms with Crippen LogP contribution in [0.15, 0.2) is 41.8 Å². The van der Waals surface area contributed by atoms with Gasteiger partial charge in [0.1, 0.15) is 11.8 Å². The summed E-state index contributed by atoms with van der Waals surface area (Å²) in [6, 6.07) is 10.3. The second-order valence-electron chi connectivity index (χ2n) is 5.41. The molecule has 0 spiro atoms. The lowest BCUT2D eigenvalue weighted by atomic mass is 10.1. The number of nitrogens with one attached hydrogen (secondary N) is 2. The molecule has 0 fully saturated rings. The third kappa shape index (κ3) is 4.83. The molecule has 0 bridgehead atoms. The Morgan fingerprint density at radius 3 is 2.62 bits per heavy atom. The van der Waals surface area contributed by atoms with Crippen molar-refractivity contribution in [2.24, 2.45) is 0 Å². The van der Waals surface area contributed by atoms with Crippen molar-refractivity contribution < 1.29 is 14.3 Å². The van der Waals surface area contributed by atoms with E-state index in [1.54, 1.807) is 19.1 Å². The molecule has 2 N–H and O–H groups in total. The molecule has 0 aliphatic rings. The van der Waals surface area contributed by atoms with Gasteiger partial charge in [-0.15, -0.1) is 11.3 Å². The van der Waals surface area contributed by atoms with Crippen molar-refractivity contribution in [1.29, 1.82) is 0 Å². The maximum atomic E-state index is 12.3. The minimum absolute atomic E-state index is 0.181. The molecule has 2 aromatic rings. The number of hydrogen-bond donors (Lipinski definition) is 2. The maximum absolute atomic E-state index is 12.3. The van der Waals surface area contributed by atoms with Crippen LogP contribution in [0.4, 0.5) is 0 Å². The third-order valence-corrected chi connectivity index (χ3v) is 4.38. The number of carbonyl (C=O) groups is 2. The Morgan fingerprint density at radius 1 is 1.17 bits per heavy atom. The second-order valence-corrected chi connectivity index (χ2v) is 6.36. The quantitative estimate of drug-likeness (QED) is 0.809. The first-order chi connectivity index (χ1) is 11.5. The van der Waals surface area contributed by atoms with Gasteiger partial charge in [0.25, 0.3) is 5.91 Å². The second kappa shape index (κ2) is 8.49. The number of amides is 2. The molecule has 0 saturated carbocycles. The Labute approximate surface area is 146 Å². The predicted molar refractivity (Wildman–Crippen MR) is 95.4 cm³/mol. The first-order valence-electron chi connectivity index (χ1n) is 7.88. The van der Waals surface area contributed by atoms with E-state index >= 15 is 0 Å². The largest absolute Gasteiger partial charge is 0.494 e. The van der Waals surface area contributed by atoms with Gasteiger partial charge in [0.15, 0.2) is 0 Å². The normalized spacial score (nSPS) is 13.0. The molecule has 1 aromatic carbocycles. The molecule has 0 saturated heterocycles. The standard InChI is InChI=1S/C18H22N2O3S/c1-4-23-15-8-5-7-14(11-15)12(2)19-17(21)13(3)20-18(22)16-9-6-10-24-16/h5-13H,4H2,1-3H3,(H,19,21)(H,20,22)/t12-,13-/m0/s1. The zero-order chi connectivity index (χ0) is 17.5. The van der Waals surface area contributed by atoms with Crippen molar-refractivity contribution >= 4 is 23.2 Å². The van der Waals surface area contributed by atoms with E-state index in [-0.39, 0.29) is 17.9 Å². The van der Waals surface area contributed by atoms with Crippen LogP contribution >= 0.6 is 11.3 Å². The van der Waals surface area contributed by atoms with Gasteiger partial charge >= 0.3 is 0 Å². The van der Waals surface area contributed by atoms with Crippen LogP contribution in [-0.4, -0.2) is 24.5 Å². The average Bonchev–Trinajstić information content (AvgIpc) is 3.10. The Kier molecular flexibility index (Phi) is 6.37. The highest BCUT2D eigenvalue weighted by Crippen LogP contribution is 2.19. The Bertz CT molecular complexity index is 685. The fraction of sp³-hybridized carbons (Fsp3) is 0.333. The molecule has 1 heterocycles. The fourth-order valence-corrected chi connectivity index (χ4v) is 2.83. The molecule has 1 aromatic heterocycles. The van der Waals surface area contributed by atoms with Crippen molar-refractivity contribution in [3.63, 3.8) is 0 Å². The highest BCUT2D eigenvalue weighted by molar-refractivity contribution is 7.12. The number of hydrogen-bond acceptors (Lipinski definition) is 4. The van der Waals surface area contributed by atoms with Crippen LogP contribution in [0.25, 0.3) is 0 Å². The van der Waals surface area contributed by atoms with Crippen molar-refractivity contribution in [1.82, 2.24) is 10.6 Å². The number of rotatable bonds is 7. The van der Waals surface area contributed by atoms with Crippen LogP contribution in [0.5, 0.6) is 5.75 Å². The number of benzene rings is 1. The highest BCUT2D eigenvalue weighted by Gasteiger charge is 2.19. The Hall–Kier alpha value is -2.34. The molecule has 0 aliphatic carbocycles. The van der Waals surface area contributed by atoms with Gasteiger partial charge in [-0.25, -0.2) is 0 Å². The topological polar surface area (TPSA) is 67.4 Å². The molecule has 5 nitrogen and oxygen atoms in total. The highest BCUT2D eigenvalue weighted by atomic mass is 32.1. The van der Waals surface area contributed by atoms with Gasteiger partial charge in [-0.05, 0) is 49.9 Å². The van der Waals surface area contributed by atoms with Crippen LogP contribution in [-0.2, 0) is 4.79 Å². The summed E-state index contributed by atoms with van der Waals surface area (Å²) < 4.78 is 5.47. The van der Waals surface area contributed by atoms with E-state index in [0.29, 0.717) is 11.5 Å². The van der Waals surface area contributed by atoms with Gasteiger partial charge in [0.2, 0.25) is 5.91 Å². The summed E-state index contributed by atoms with van der Waals surface area (Å²) >= 11 is 1.34. The van der Waals surface area contributed by atoms with Gasteiger partial charge in [0, 0.05) is 0 Å². The lowest BCUT2D eigenvalue weighted by Gasteiger charge is -2.19. The smallest absolute Gasteiger partial charge is 0.261 e. The first-order valence-corrected chi connectivity index (χ1v) is 8.76. The Morgan fingerprint density at radius 2 is 1.96 bits per heavy atom. The third-order valence-electron chi connectivity index (χ3n) is 3.51. The number of thiophene rings is 1. The van der Waals surface area contributed by atoms with E-state index in [1.165, 1.54) is 11.3 Å². The average molecular weight is 346 g/mol. The first kappa shape index (κ1) is 18.0. The number of ether oxygens (including phenoxy) is 1. The van der Waals surface area contributed by atoms with Crippen molar-refractivity contribution in [3.05, 3.63) is 52.2 Å². The van der Waals surface area contributed by atoms with Crippen molar-refractivity contribution in [3.8, 4) is 5.75 Å². The lowest BCUT2D eigenvalue weighted by molar-refractivity contribution is -0.123. The zero-order valence-electron chi connectivity index (χ0n) is 14.0. The molecular weight excluding hydrogens is 324 g/mol. The van der Waals surface area contributed by atoms with E-state index in [2.05, 4.69) is 10.6 Å². The fourth-order valence-electron chi connectivity index (χ4n) is 2.20. The van der Waals surface area contributed by atoms with Crippen molar-refractivity contribution in [2.75, 3.05) is 6.61 Å². The van der Waals surface area contributed by atoms with E-state index in [9.17, 15) is 9.59 Å². The van der Waals surface area contributed by atoms with E-state index < -0.39 is 6.04 Å². The van der Waals surface area contributed by atoms with Gasteiger partial charge in [-0.3, -0.25) is 9.59 Å². The summed E-state index contributed by atoms with van der Waals surface area (Å²) in [6.45, 7) is 6.09. The minimum atomic E-state index is -0.614. The van der Waals surface area contributed by atoms with Crippen molar-refractivity contribution in [2.45, 2.75) is 32.9 Å². The Balaban J connectivity index is 1.93. The van der Waals surface area contributed by atoms with Crippen LogP contribution < -0.4 is 15.4 Å². The van der Waals surface area contributed by atoms with Gasteiger partial charge in [-0.1, -0.05) is 18.2 Å². The summed E-state index contributed by atoms with van der Waals surface area (Å²) in [4.78, 5) is 24.9. The molecule has 6 heteroatoms. The van der Waals surface area contributed by atoms with Gasteiger partial charge in [-0.2, -0.15) is 0 Å². The molecule has 2 atom stereocenters. The SMILES string of the molecule is CCOc1cccc([C@H](C)NC(=O)[C@H](C)NC(=O)c2cccs2)c1. The van der Waals surface area contributed by atoms with Crippen LogP contribution in [0.1, 0.15) is 42.0 Å². The van der Waals surface area contributed by atoms with Gasteiger partial charge < -0.3 is 15.4 Å². The molecule has 0 unspecified atom stereocenters. The molecule has 24 heavy (non-hydrogen) atoms. The van der Waals surface area contributed by atoms with E-state index in [4.69, 9.17) is 4.74 Å². The van der Waals surface area contributed by atoms with E-state index in [0.717, 1.165) is 11.3 Å². The van der Waals surface area contributed by atoms with Crippen LogP contribution in [0, 0.1) is 0 Å². The molecule has 0 radical (unpaired) electrons. The summed E-state index contributed by atoms with van der Waals surface area (Å²) in [7, 11) is 0. The lowest BCUT2D eigenvalue weighted by Crippen LogP contribution is -2.45. The van der Waals surface area contributed by atoms with Gasteiger partial charge in [0.05, 0.1) is 17.5 Å². The summed E-state index contributed by atoms with van der Waals surface area (Å²) in [5.41, 5.74) is 0.950. The molecular formula is C18H22N2O3S. The van der Waals surface area contributed by atoms with Crippen LogP contribution in [0.3, 0.4) is 0 Å². The molecule has 2 rings (SSSR count). The van der Waals surface area contributed by atoms with E-state index in [1.807, 2.05) is 43.5 Å². The monoisotopic (exact) mass is 346 g/mol. The maximum Gasteiger partial charge on any atom is 0.261 e. The summed E-state index contributed by atoms with van der Waals surface area (Å²) in [5.74, 6) is 0.308. The molecule has 0 aliphatic heterocycles. The number of carbonyl (C=O) groups excluding carboxylic acids is 2. The molecule has 2 amide bonds.